The molecule has 104 valence electrons. The Bertz CT molecular complexity index is 824. The molecule has 0 fully saturated rings. The van der Waals surface area contributed by atoms with Crippen LogP contribution in [0, 0.1) is 11.6 Å². The van der Waals surface area contributed by atoms with Gasteiger partial charge in [0.1, 0.15) is 17.5 Å². The number of H-pyrrole nitrogens is 1. The summed E-state index contributed by atoms with van der Waals surface area (Å²) in [5, 5.41) is 0. The Morgan fingerprint density at radius 3 is 2.19 bits per heavy atom. The molecule has 0 spiro atoms. The van der Waals surface area contributed by atoms with Crippen LogP contribution in [0.4, 0.5) is 8.78 Å². The summed E-state index contributed by atoms with van der Waals surface area (Å²) in [6, 6.07) is 13.3. The lowest BCUT2D eigenvalue weighted by molar-refractivity contribution is 0.584. The van der Waals surface area contributed by atoms with Gasteiger partial charge in [-0.15, -0.1) is 0 Å². The van der Waals surface area contributed by atoms with Crippen LogP contribution in [0.1, 0.15) is 0 Å². The molecule has 1 aromatic heterocycles. The Morgan fingerprint density at radius 1 is 0.857 bits per heavy atom. The van der Waals surface area contributed by atoms with E-state index in [2.05, 4.69) is 9.97 Å². The molecule has 0 aliphatic carbocycles. The van der Waals surface area contributed by atoms with Crippen LogP contribution in [-0.2, 0) is 0 Å². The van der Waals surface area contributed by atoms with Gasteiger partial charge in [-0.25, -0.2) is 13.8 Å². The van der Waals surface area contributed by atoms with Gasteiger partial charge in [-0.3, -0.25) is 4.79 Å². The summed E-state index contributed by atoms with van der Waals surface area (Å²) in [5.41, 5.74) is 0.767. The van der Waals surface area contributed by atoms with Crippen molar-refractivity contribution in [3.8, 4) is 22.6 Å². The van der Waals surface area contributed by atoms with Crippen molar-refractivity contribution < 1.29 is 8.78 Å². The monoisotopic (exact) mass is 284 g/mol. The maximum atomic E-state index is 13.3. The highest BCUT2D eigenvalue weighted by molar-refractivity contribution is 5.63. The van der Waals surface area contributed by atoms with Gasteiger partial charge in [0, 0.05) is 23.3 Å². The predicted octanol–water partition coefficient (Wildman–Crippen LogP) is 3.38. The largest absolute Gasteiger partial charge is 0.306 e. The minimum atomic E-state index is -0.714. The molecule has 1 N–H and O–H groups in total. The lowest BCUT2D eigenvalue weighted by Gasteiger charge is -2.05. The molecule has 2 aromatic carbocycles. The molecule has 0 saturated heterocycles. The van der Waals surface area contributed by atoms with Gasteiger partial charge in [-0.2, -0.15) is 0 Å². The number of nitrogens with one attached hydrogen (secondary N) is 1. The summed E-state index contributed by atoms with van der Waals surface area (Å²) in [6.07, 6.45) is 0. The van der Waals surface area contributed by atoms with E-state index in [4.69, 9.17) is 0 Å². The fraction of sp³-hybridized carbons (Fsp3) is 0. The average Bonchev–Trinajstić information content (AvgIpc) is 2.46. The second kappa shape index (κ2) is 5.28. The molecule has 0 saturated carbocycles. The third-order valence-corrected chi connectivity index (χ3v) is 2.95. The topological polar surface area (TPSA) is 45.8 Å². The molecule has 0 radical (unpaired) electrons. The Hall–Kier alpha value is -2.82. The number of hydrogen-bond acceptors (Lipinski definition) is 2. The van der Waals surface area contributed by atoms with Crippen molar-refractivity contribution in [3.63, 3.8) is 0 Å². The SMILES string of the molecule is O=c1cc(-c2cc(F)cc(F)c2)nc(-c2ccccc2)[nH]1. The van der Waals surface area contributed by atoms with Crippen molar-refractivity contribution in [3.05, 3.63) is 76.6 Å². The number of nitrogens with zero attached hydrogens (tertiary/aromatic N) is 1. The quantitative estimate of drug-likeness (QED) is 0.784. The fourth-order valence-corrected chi connectivity index (χ4v) is 2.04. The molecule has 1 heterocycles. The van der Waals surface area contributed by atoms with Crippen molar-refractivity contribution in [2.75, 3.05) is 0 Å². The van der Waals surface area contributed by atoms with Gasteiger partial charge < -0.3 is 4.98 Å². The number of aromatic nitrogens is 2. The molecule has 0 aliphatic heterocycles. The summed E-state index contributed by atoms with van der Waals surface area (Å²) in [6.45, 7) is 0. The zero-order valence-electron chi connectivity index (χ0n) is 10.8. The van der Waals surface area contributed by atoms with E-state index in [1.165, 1.54) is 6.07 Å². The third-order valence-electron chi connectivity index (χ3n) is 2.95. The van der Waals surface area contributed by atoms with Gasteiger partial charge >= 0.3 is 0 Å². The molecule has 21 heavy (non-hydrogen) atoms. The van der Waals surface area contributed by atoms with Crippen molar-refractivity contribution in [1.29, 1.82) is 0 Å². The predicted molar refractivity (Wildman–Crippen MR) is 75.6 cm³/mol. The van der Waals surface area contributed by atoms with Gasteiger partial charge in [0.05, 0.1) is 5.69 Å². The molecular formula is C16H10F2N2O. The smallest absolute Gasteiger partial charge is 0.251 e. The number of benzene rings is 2. The van der Waals surface area contributed by atoms with Crippen LogP contribution in [0.2, 0.25) is 0 Å². The summed E-state index contributed by atoms with van der Waals surface area (Å²) >= 11 is 0. The molecule has 0 atom stereocenters. The Balaban J connectivity index is 2.16. The molecule has 0 aliphatic rings. The second-order valence-corrected chi connectivity index (χ2v) is 4.50. The maximum absolute atomic E-state index is 13.3. The van der Waals surface area contributed by atoms with Gasteiger partial charge in [-0.05, 0) is 12.1 Å². The van der Waals surface area contributed by atoms with Crippen LogP contribution in [-0.4, -0.2) is 9.97 Å². The number of halogens is 2. The molecular weight excluding hydrogens is 274 g/mol. The lowest BCUT2D eigenvalue weighted by atomic mass is 10.1. The van der Waals surface area contributed by atoms with Crippen LogP contribution < -0.4 is 5.56 Å². The van der Waals surface area contributed by atoms with E-state index in [-0.39, 0.29) is 16.8 Å². The summed E-state index contributed by atoms with van der Waals surface area (Å²) in [5.74, 6) is -1.08. The highest BCUT2D eigenvalue weighted by Crippen LogP contribution is 2.21. The number of hydrogen-bond donors (Lipinski definition) is 1. The third kappa shape index (κ3) is 2.86. The van der Waals surface area contributed by atoms with E-state index in [1.807, 2.05) is 18.2 Å². The second-order valence-electron chi connectivity index (χ2n) is 4.50. The Morgan fingerprint density at radius 2 is 1.52 bits per heavy atom. The van der Waals surface area contributed by atoms with Gasteiger partial charge in [0.15, 0.2) is 0 Å². The average molecular weight is 284 g/mol. The fourth-order valence-electron chi connectivity index (χ4n) is 2.04. The standard InChI is InChI=1S/C16H10F2N2O/c17-12-6-11(7-13(18)8-12)14-9-15(21)20-16(19-14)10-4-2-1-3-5-10/h1-9H,(H,19,20,21). The molecule has 3 nitrogen and oxygen atoms in total. The first-order chi connectivity index (χ1) is 10.1. The molecule has 3 aromatic rings. The summed E-state index contributed by atoms with van der Waals surface area (Å²) < 4.78 is 26.6. The van der Waals surface area contributed by atoms with Crippen LogP contribution >= 0.6 is 0 Å². The Kier molecular flexibility index (Phi) is 3.31. The molecule has 5 heteroatoms. The van der Waals surface area contributed by atoms with Crippen LogP contribution in [0.5, 0.6) is 0 Å². The zero-order valence-corrected chi connectivity index (χ0v) is 10.8. The van der Waals surface area contributed by atoms with Crippen LogP contribution in [0.15, 0.2) is 59.4 Å². The van der Waals surface area contributed by atoms with E-state index in [9.17, 15) is 13.6 Å². The minimum Gasteiger partial charge on any atom is -0.306 e. The summed E-state index contributed by atoms with van der Waals surface area (Å²) in [4.78, 5) is 18.6. The van der Waals surface area contributed by atoms with Crippen LogP contribution in [0.25, 0.3) is 22.6 Å². The van der Waals surface area contributed by atoms with Gasteiger partial charge in [0.25, 0.3) is 5.56 Å². The molecule has 0 unspecified atom stereocenters. The van der Waals surface area contributed by atoms with Crippen molar-refractivity contribution >= 4 is 0 Å². The van der Waals surface area contributed by atoms with Gasteiger partial charge in [-0.1, -0.05) is 30.3 Å². The first-order valence-electron chi connectivity index (χ1n) is 6.25. The lowest BCUT2D eigenvalue weighted by Crippen LogP contribution is -2.08. The maximum Gasteiger partial charge on any atom is 0.251 e. The van der Waals surface area contributed by atoms with E-state index in [0.29, 0.717) is 11.4 Å². The van der Waals surface area contributed by atoms with E-state index >= 15 is 0 Å². The molecule has 0 bridgehead atoms. The van der Waals surface area contributed by atoms with E-state index < -0.39 is 11.6 Å². The highest BCUT2D eigenvalue weighted by atomic mass is 19.1. The molecule has 3 rings (SSSR count). The van der Waals surface area contributed by atoms with E-state index in [1.54, 1.807) is 12.1 Å². The summed E-state index contributed by atoms with van der Waals surface area (Å²) in [7, 11) is 0. The normalized spacial score (nSPS) is 10.6. The first kappa shape index (κ1) is 13.2. The zero-order chi connectivity index (χ0) is 14.8. The van der Waals surface area contributed by atoms with Crippen molar-refractivity contribution in [2.45, 2.75) is 0 Å². The first-order valence-corrected chi connectivity index (χ1v) is 6.25. The van der Waals surface area contributed by atoms with Gasteiger partial charge in [0.2, 0.25) is 0 Å². The number of rotatable bonds is 2. The highest BCUT2D eigenvalue weighted by Gasteiger charge is 2.08. The Labute approximate surface area is 118 Å². The molecule has 0 amide bonds. The van der Waals surface area contributed by atoms with Crippen LogP contribution in [0.3, 0.4) is 0 Å². The van der Waals surface area contributed by atoms with Crippen molar-refractivity contribution in [1.82, 2.24) is 9.97 Å². The van der Waals surface area contributed by atoms with Crippen molar-refractivity contribution in [2.24, 2.45) is 0 Å². The number of aromatic amines is 1. The van der Waals surface area contributed by atoms with E-state index in [0.717, 1.165) is 18.2 Å². The minimum absolute atomic E-state index is 0.218.